The quantitative estimate of drug-likeness (QED) is 0.187. The number of rotatable bonds is 7. The molecule has 41 heavy (non-hydrogen) atoms. The van der Waals surface area contributed by atoms with E-state index in [0.29, 0.717) is 32.2 Å². The molecule has 8 nitrogen and oxygen atoms in total. The van der Waals surface area contributed by atoms with Crippen molar-refractivity contribution in [3.8, 4) is 0 Å². The Kier molecular flexibility index (Phi) is 6.48. The van der Waals surface area contributed by atoms with Crippen LogP contribution in [0.5, 0.6) is 0 Å². The van der Waals surface area contributed by atoms with Crippen LogP contribution in [-0.2, 0) is 33.7 Å². The third-order valence-corrected chi connectivity index (χ3v) is 9.65. The van der Waals surface area contributed by atoms with Gasteiger partial charge in [0, 0.05) is 10.6 Å². The maximum absolute atomic E-state index is 14.1. The average molecular weight is 612 g/mol. The standard InChI is InChI=1S/C30H21Cl3N2O6/c31-16-11-9-15(10-12-16)22(36)14-41-28(40)21(13-23(34)37)35-26(38)24-25(27(35)39)30(33)18-6-2-1-5-17(18)29(24,32)19-7-3-4-8-20(19)30/h1-12,21,24-25H,13-14H2,(H2,34,37)/t21-,24+,25+,29?,30?/m1/s1. The van der Waals surface area contributed by atoms with Crippen LogP contribution in [0.2, 0.25) is 5.02 Å². The van der Waals surface area contributed by atoms with Gasteiger partial charge in [0.05, 0.1) is 18.3 Å². The van der Waals surface area contributed by atoms with E-state index >= 15 is 0 Å². The van der Waals surface area contributed by atoms with Gasteiger partial charge >= 0.3 is 5.97 Å². The molecule has 0 radical (unpaired) electrons. The van der Waals surface area contributed by atoms with E-state index in [0.717, 1.165) is 0 Å². The summed E-state index contributed by atoms with van der Waals surface area (Å²) >= 11 is 20.7. The van der Waals surface area contributed by atoms with E-state index in [1.54, 1.807) is 48.5 Å². The Bertz CT molecular complexity index is 1530. The predicted molar refractivity (Wildman–Crippen MR) is 149 cm³/mol. The Hall–Kier alpha value is -3.72. The summed E-state index contributed by atoms with van der Waals surface area (Å²) in [4.78, 5) is 64.0. The first-order chi connectivity index (χ1) is 19.5. The molecule has 4 aliphatic rings. The molecule has 0 aromatic heterocycles. The first kappa shape index (κ1) is 27.4. The van der Waals surface area contributed by atoms with Crippen molar-refractivity contribution >= 4 is 64.3 Å². The van der Waals surface area contributed by atoms with Gasteiger partial charge in [-0.15, -0.1) is 23.2 Å². The molecule has 208 valence electrons. The number of halogens is 3. The van der Waals surface area contributed by atoms with Crippen LogP contribution in [0.4, 0.5) is 0 Å². The van der Waals surface area contributed by atoms with Crippen molar-refractivity contribution in [1.82, 2.24) is 4.90 Å². The number of nitrogens with two attached hydrogens (primary N) is 1. The zero-order chi connectivity index (χ0) is 29.3. The van der Waals surface area contributed by atoms with E-state index in [-0.39, 0.29) is 5.56 Å². The van der Waals surface area contributed by atoms with Gasteiger partial charge in [-0.1, -0.05) is 60.1 Å². The third kappa shape index (κ3) is 3.85. The van der Waals surface area contributed by atoms with Crippen LogP contribution in [0.15, 0.2) is 72.8 Å². The van der Waals surface area contributed by atoms with Crippen LogP contribution in [0.3, 0.4) is 0 Å². The molecule has 3 amide bonds. The SMILES string of the molecule is NC(=O)C[C@H](C(=O)OCC(=O)c1ccc(Cl)cc1)N1C(=O)[C@@H]2[C@@H](C1=O)C1(Cl)c3ccccc3C2(Cl)c2ccccc21. The van der Waals surface area contributed by atoms with Gasteiger partial charge in [0.1, 0.15) is 15.8 Å². The van der Waals surface area contributed by atoms with E-state index in [1.807, 2.05) is 0 Å². The topological polar surface area (TPSA) is 124 Å². The fourth-order valence-corrected chi connectivity index (χ4v) is 7.64. The lowest BCUT2D eigenvalue weighted by molar-refractivity contribution is -0.159. The van der Waals surface area contributed by atoms with Crippen molar-refractivity contribution < 1.29 is 28.7 Å². The van der Waals surface area contributed by atoms with E-state index < -0.39 is 70.1 Å². The number of nitrogens with zero attached hydrogens (tertiary/aromatic N) is 1. The molecule has 1 saturated heterocycles. The maximum Gasteiger partial charge on any atom is 0.330 e. The lowest BCUT2D eigenvalue weighted by Crippen LogP contribution is -2.57. The van der Waals surface area contributed by atoms with Gasteiger partial charge in [-0.05, 0) is 46.5 Å². The van der Waals surface area contributed by atoms with Gasteiger partial charge < -0.3 is 10.5 Å². The molecular weight excluding hydrogens is 591 g/mol. The number of Topliss-reactive ketones (excluding diaryl/α,β-unsaturated/α-hetero) is 1. The number of carbonyl (C=O) groups is 5. The fourth-order valence-electron chi connectivity index (χ4n) is 6.42. The smallest absolute Gasteiger partial charge is 0.330 e. The Morgan fingerprint density at radius 1 is 0.805 bits per heavy atom. The molecular formula is C30H21Cl3N2O6. The number of amides is 3. The Labute approximate surface area is 249 Å². The van der Waals surface area contributed by atoms with E-state index in [9.17, 15) is 24.0 Å². The van der Waals surface area contributed by atoms with Crippen LogP contribution < -0.4 is 5.73 Å². The van der Waals surface area contributed by atoms with Crippen molar-refractivity contribution in [3.05, 3.63) is 106 Å². The summed E-state index contributed by atoms with van der Waals surface area (Å²) in [6.07, 6.45) is -0.713. The van der Waals surface area contributed by atoms with E-state index in [2.05, 4.69) is 0 Å². The molecule has 3 aromatic carbocycles. The van der Waals surface area contributed by atoms with Crippen molar-refractivity contribution in [2.24, 2.45) is 17.6 Å². The van der Waals surface area contributed by atoms with Gasteiger partial charge in [0.15, 0.2) is 12.4 Å². The lowest BCUT2D eigenvalue weighted by atomic mass is 9.54. The highest BCUT2D eigenvalue weighted by Gasteiger charge is 2.73. The van der Waals surface area contributed by atoms with Crippen LogP contribution in [0.1, 0.15) is 39.0 Å². The number of carbonyl (C=O) groups excluding carboxylic acids is 5. The minimum absolute atomic E-state index is 0.230. The number of alkyl halides is 2. The van der Waals surface area contributed by atoms with Crippen LogP contribution >= 0.6 is 34.8 Å². The second kappa shape index (κ2) is 9.69. The number of imide groups is 1. The van der Waals surface area contributed by atoms with Gasteiger partial charge in [-0.25, -0.2) is 4.79 Å². The molecule has 0 unspecified atom stereocenters. The Morgan fingerprint density at radius 3 is 1.66 bits per heavy atom. The summed E-state index contributed by atoms with van der Waals surface area (Å²) in [6, 6.07) is 18.4. The summed E-state index contributed by atoms with van der Waals surface area (Å²) in [6.45, 7) is -0.700. The molecule has 2 bridgehead atoms. The molecule has 7 rings (SSSR count). The van der Waals surface area contributed by atoms with Gasteiger partial charge in [0.25, 0.3) is 0 Å². The molecule has 0 spiro atoms. The molecule has 11 heteroatoms. The van der Waals surface area contributed by atoms with Crippen LogP contribution in [-0.4, -0.2) is 47.0 Å². The number of likely N-dealkylation sites (tertiary alicyclic amines) is 1. The van der Waals surface area contributed by atoms with E-state index in [1.165, 1.54) is 24.3 Å². The van der Waals surface area contributed by atoms with Crippen LogP contribution in [0, 0.1) is 11.8 Å². The second-order valence-electron chi connectivity index (χ2n) is 10.2. The predicted octanol–water partition coefficient (Wildman–Crippen LogP) is 3.90. The lowest BCUT2D eigenvalue weighted by Gasteiger charge is -2.54. The molecule has 3 aromatic rings. The first-order valence-electron chi connectivity index (χ1n) is 12.7. The van der Waals surface area contributed by atoms with Gasteiger partial charge in [-0.3, -0.25) is 24.1 Å². The summed E-state index contributed by atoms with van der Waals surface area (Å²) in [5.74, 6) is -6.57. The summed E-state index contributed by atoms with van der Waals surface area (Å²) < 4.78 is 5.22. The number of primary amides is 1. The number of hydrogen-bond donors (Lipinski definition) is 1. The van der Waals surface area contributed by atoms with Gasteiger partial charge in [0.2, 0.25) is 17.7 Å². The zero-order valence-electron chi connectivity index (χ0n) is 21.2. The molecule has 2 N–H and O–H groups in total. The monoisotopic (exact) mass is 610 g/mol. The second-order valence-corrected chi connectivity index (χ2v) is 11.9. The van der Waals surface area contributed by atoms with Gasteiger partial charge in [-0.2, -0.15) is 0 Å². The van der Waals surface area contributed by atoms with Crippen molar-refractivity contribution in [1.29, 1.82) is 0 Å². The summed E-state index contributed by atoms with van der Waals surface area (Å²) in [7, 11) is 0. The molecule has 1 heterocycles. The highest BCUT2D eigenvalue weighted by atomic mass is 35.5. The minimum Gasteiger partial charge on any atom is -0.456 e. The highest BCUT2D eigenvalue weighted by molar-refractivity contribution is 6.36. The van der Waals surface area contributed by atoms with E-state index in [4.69, 9.17) is 45.3 Å². The average Bonchev–Trinajstić information content (AvgIpc) is 3.24. The largest absolute Gasteiger partial charge is 0.456 e. The number of hydrogen-bond acceptors (Lipinski definition) is 6. The fraction of sp³-hybridized carbons (Fsp3) is 0.233. The first-order valence-corrected chi connectivity index (χ1v) is 13.8. The molecule has 3 atom stereocenters. The minimum atomic E-state index is -1.72. The number of ether oxygens (including phenoxy) is 1. The highest BCUT2D eigenvalue weighted by Crippen LogP contribution is 2.69. The normalized spacial score (nSPS) is 26.2. The van der Waals surface area contributed by atoms with Crippen LogP contribution in [0.25, 0.3) is 0 Å². The Morgan fingerprint density at radius 2 is 1.24 bits per heavy atom. The van der Waals surface area contributed by atoms with Crippen molar-refractivity contribution in [2.75, 3.05) is 6.61 Å². The summed E-state index contributed by atoms with van der Waals surface area (Å²) in [5, 5.41) is 0.417. The third-order valence-electron chi connectivity index (χ3n) is 8.11. The Balaban J connectivity index is 1.38. The number of ketones is 1. The zero-order valence-corrected chi connectivity index (χ0v) is 23.5. The number of benzene rings is 3. The number of esters is 1. The maximum atomic E-state index is 14.1. The molecule has 0 saturated carbocycles. The van der Waals surface area contributed by atoms with Crippen molar-refractivity contribution in [3.63, 3.8) is 0 Å². The molecule has 1 fully saturated rings. The molecule has 3 aliphatic carbocycles. The van der Waals surface area contributed by atoms with Crippen molar-refractivity contribution in [2.45, 2.75) is 22.2 Å². The molecule has 1 aliphatic heterocycles. The summed E-state index contributed by atoms with van der Waals surface area (Å²) in [5.41, 5.74) is 8.00.